The fraction of sp³-hybridized carbons (Fsp3) is 0.367. The first-order valence-corrected chi connectivity index (χ1v) is 12.5. The number of hydrogen-bond donors (Lipinski definition) is 2. The summed E-state index contributed by atoms with van der Waals surface area (Å²) >= 11 is 0. The summed E-state index contributed by atoms with van der Waals surface area (Å²) in [5.74, 6) is -0.704. The van der Waals surface area contributed by atoms with Crippen molar-refractivity contribution in [2.24, 2.45) is 5.92 Å². The number of benzene rings is 3. The van der Waals surface area contributed by atoms with Crippen molar-refractivity contribution in [1.29, 1.82) is 0 Å². The monoisotopic (exact) mass is 473 g/mol. The van der Waals surface area contributed by atoms with E-state index < -0.39 is 12.1 Å². The molecule has 3 aromatic carbocycles. The number of carbonyl (C=O) groups is 1. The van der Waals surface area contributed by atoms with Gasteiger partial charge in [0.2, 0.25) is 0 Å². The molecule has 35 heavy (non-hydrogen) atoms. The van der Waals surface area contributed by atoms with Crippen molar-refractivity contribution in [3.05, 3.63) is 108 Å². The molecule has 0 aromatic heterocycles. The molecule has 0 spiro atoms. The number of hydrogen-bond acceptors (Lipinski definition) is 4. The molecule has 1 fully saturated rings. The van der Waals surface area contributed by atoms with Crippen LogP contribution in [0.15, 0.2) is 91.0 Å². The molecule has 1 saturated heterocycles. The summed E-state index contributed by atoms with van der Waals surface area (Å²) < 4.78 is 6.37. The molecule has 3 aromatic rings. The molecular formula is C30H35NO4. The average molecular weight is 474 g/mol. The van der Waals surface area contributed by atoms with Crippen molar-refractivity contribution in [2.75, 3.05) is 26.2 Å². The lowest BCUT2D eigenvalue weighted by Gasteiger charge is -2.37. The zero-order valence-corrected chi connectivity index (χ0v) is 20.1. The lowest BCUT2D eigenvalue weighted by molar-refractivity contribution is -0.137. The summed E-state index contributed by atoms with van der Waals surface area (Å²) in [7, 11) is 0. The molecule has 4 rings (SSSR count). The highest BCUT2D eigenvalue weighted by Gasteiger charge is 2.30. The summed E-state index contributed by atoms with van der Waals surface area (Å²) in [6.07, 6.45) is 1.19. The van der Waals surface area contributed by atoms with E-state index >= 15 is 0 Å². The van der Waals surface area contributed by atoms with Crippen LogP contribution in [-0.2, 0) is 9.53 Å². The first-order valence-electron chi connectivity index (χ1n) is 12.5. The van der Waals surface area contributed by atoms with E-state index in [1.54, 1.807) is 0 Å². The first kappa shape index (κ1) is 25.1. The van der Waals surface area contributed by atoms with E-state index in [1.807, 2.05) is 66.7 Å². The molecule has 1 heterocycles. The van der Waals surface area contributed by atoms with E-state index in [0.29, 0.717) is 19.7 Å². The number of carboxylic acids is 1. The number of ether oxygens (including phenoxy) is 1. The van der Waals surface area contributed by atoms with Crippen molar-refractivity contribution in [3.8, 4) is 0 Å². The minimum atomic E-state index is -0.794. The normalized spacial score (nSPS) is 19.5. The number of β-amino-alcohol motifs (C(OH)–C–C–N with tert-alkyl or cyclic N) is 1. The lowest BCUT2D eigenvalue weighted by atomic mass is 9.89. The summed E-state index contributed by atoms with van der Waals surface area (Å²) in [5.41, 5.74) is 3.28. The Morgan fingerprint density at radius 1 is 0.886 bits per heavy atom. The number of carboxylic acid groups (broad SMARTS) is 1. The van der Waals surface area contributed by atoms with Crippen LogP contribution < -0.4 is 0 Å². The SMILES string of the molecule is O=C(O)C[C@H](CN1CCC(CCOC(c2ccccc2)c2ccccc2)C(O)C1)c1ccccc1. The van der Waals surface area contributed by atoms with Gasteiger partial charge in [0.05, 0.1) is 12.5 Å². The van der Waals surface area contributed by atoms with Gasteiger partial charge in [-0.05, 0) is 42.0 Å². The van der Waals surface area contributed by atoms with Crippen LogP contribution in [0.25, 0.3) is 0 Å². The molecule has 0 radical (unpaired) electrons. The number of rotatable bonds is 11. The summed E-state index contributed by atoms with van der Waals surface area (Å²) in [6.45, 7) is 2.63. The molecule has 1 aliphatic rings. The van der Waals surface area contributed by atoms with Gasteiger partial charge in [-0.1, -0.05) is 91.0 Å². The van der Waals surface area contributed by atoms with Gasteiger partial charge in [-0.25, -0.2) is 0 Å². The fourth-order valence-corrected chi connectivity index (χ4v) is 5.06. The van der Waals surface area contributed by atoms with Crippen LogP contribution >= 0.6 is 0 Å². The van der Waals surface area contributed by atoms with Crippen LogP contribution in [0, 0.1) is 5.92 Å². The third kappa shape index (κ3) is 7.25. The lowest BCUT2D eigenvalue weighted by Crippen LogP contribution is -2.45. The fourth-order valence-electron chi connectivity index (χ4n) is 5.06. The minimum absolute atomic E-state index is 0.0849. The Hall–Kier alpha value is -2.99. The van der Waals surface area contributed by atoms with E-state index in [4.69, 9.17) is 4.74 Å². The Morgan fingerprint density at radius 2 is 1.43 bits per heavy atom. The van der Waals surface area contributed by atoms with Gasteiger partial charge in [0.1, 0.15) is 6.10 Å². The number of aliphatic carboxylic acids is 1. The highest BCUT2D eigenvalue weighted by atomic mass is 16.5. The van der Waals surface area contributed by atoms with E-state index in [-0.39, 0.29) is 24.4 Å². The summed E-state index contributed by atoms with van der Waals surface area (Å²) in [6, 6.07) is 30.3. The molecule has 2 N–H and O–H groups in total. The van der Waals surface area contributed by atoms with Crippen LogP contribution in [0.1, 0.15) is 48.0 Å². The molecule has 5 nitrogen and oxygen atoms in total. The van der Waals surface area contributed by atoms with Gasteiger partial charge in [0.15, 0.2) is 0 Å². The molecule has 0 aliphatic carbocycles. The maximum absolute atomic E-state index is 11.4. The van der Waals surface area contributed by atoms with Crippen molar-refractivity contribution in [2.45, 2.75) is 37.4 Å². The second-order valence-electron chi connectivity index (χ2n) is 9.44. The zero-order valence-electron chi connectivity index (χ0n) is 20.1. The molecule has 1 aliphatic heterocycles. The van der Waals surface area contributed by atoms with Crippen LogP contribution in [0.3, 0.4) is 0 Å². The summed E-state index contributed by atoms with van der Waals surface area (Å²) in [5, 5.41) is 20.3. The van der Waals surface area contributed by atoms with Gasteiger partial charge in [-0.3, -0.25) is 4.79 Å². The Labute approximate surface area is 208 Å². The van der Waals surface area contributed by atoms with Crippen molar-refractivity contribution in [3.63, 3.8) is 0 Å². The number of nitrogens with zero attached hydrogens (tertiary/aromatic N) is 1. The van der Waals surface area contributed by atoms with Crippen LogP contribution in [0.4, 0.5) is 0 Å². The average Bonchev–Trinajstić information content (AvgIpc) is 2.88. The maximum Gasteiger partial charge on any atom is 0.304 e. The largest absolute Gasteiger partial charge is 0.481 e. The molecular weight excluding hydrogens is 438 g/mol. The first-order chi connectivity index (χ1) is 17.1. The van der Waals surface area contributed by atoms with E-state index in [1.165, 1.54) is 0 Å². The zero-order chi connectivity index (χ0) is 24.5. The van der Waals surface area contributed by atoms with Gasteiger partial charge in [0.25, 0.3) is 0 Å². The van der Waals surface area contributed by atoms with Crippen molar-refractivity contribution < 1.29 is 19.7 Å². The standard InChI is InChI=1S/C30H35NO4/c32-28-22-31(21-27(20-29(33)34)23-10-4-1-5-11-23)18-16-24(28)17-19-35-30(25-12-6-2-7-13-25)26-14-8-3-9-15-26/h1-15,24,27-28,30,32H,16-22H2,(H,33,34)/t24?,27-,28?/m1/s1. The Balaban J connectivity index is 1.31. The molecule has 0 bridgehead atoms. The van der Waals surface area contributed by atoms with Gasteiger partial charge in [0, 0.05) is 25.6 Å². The molecule has 3 atom stereocenters. The van der Waals surface area contributed by atoms with Crippen LogP contribution in [-0.4, -0.2) is 53.4 Å². The Morgan fingerprint density at radius 3 is 1.94 bits per heavy atom. The highest BCUT2D eigenvalue weighted by molar-refractivity contribution is 5.68. The number of aliphatic hydroxyl groups is 1. The number of piperidine rings is 1. The van der Waals surface area contributed by atoms with Gasteiger partial charge < -0.3 is 19.8 Å². The van der Waals surface area contributed by atoms with E-state index in [2.05, 4.69) is 29.2 Å². The van der Waals surface area contributed by atoms with Crippen molar-refractivity contribution >= 4 is 5.97 Å². The smallest absolute Gasteiger partial charge is 0.304 e. The highest BCUT2D eigenvalue weighted by Crippen LogP contribution is 2.29. The topological polar surface area (TPSA) is 70.0 Å². The minimum Gasteiger partial charge on any atom is -0.481 e. The second kappa shape index (κ2) is 12.6. The maximum atomic E-state index is 11.4. The number of likely N-dealkylation sites (tertiary alicyclic amines) is 1. The summed E-state index contributed by atoms with van der Waals surface area (Å²) in [4.78, 5) is 13.6. The van der Waals surface area contributed by atoms with Crippen LogP contribution in [0.2, 0.25) is 0 Å². The molecule has 0 saturated carbocycles. The predicted molar refractivity (Wildman–Crippen MR) is 137 cm³/mol. The third-order valence-corrected chi connectivity index (χ3v) is 6.95. The number of aliphatic hydroxyl groups excluding tert-OH is 1. The van der Waals surface area contributed by atoms with E-state index in [0.717, 1.165) is 36.1 Å². The molecule has 184 valence electrons. The molecule has 2 unspecified atom stereocenters. The van der Waals surface area contributed by atoms with Gasteiger partial charge in [-0.2, -0.15) is 0 Å². The van der Waals surface area contributed by atoms with Gasteiger partial charge in [-0.15, -0.1) is 0 Å². The Bertz CT molecular complexity index is 988. The molecule has 5 heteroatoms. The Kier molecular flexibility index (Phi) is 9.07. The van der Waals surface area contributed by atoms with E-state index in [9.17, 15) is 15.0 Å². The van der Waals surface area contributed by atoms with Crippen LogP contribution in [0.5, 0.6) is 0 Å². The third-order valence-electron chi connectivity index (χ3n) is 6.95. The van der Waals surface area contributed by atoms with Crippen molar-refractivity contribution in [1.82, 2.24) is 4.90 Å². The quantitative estimate of drug-likeness (QED) is 0.404. The molecule has 0 amide bonds. The second-order valence-corrected chi connectivity index (χ2v) is 9.44. The predicted octanol–water partition coefficient (Wildman–Crippen LogP) is 5.12. The van der Waals surface area contributed by atoms with Gasteiger partial charge >= 0.3 is 5.97 Å².